The van der Waals surface area contributed by atoms with Gasteiger partial charge in [-0.15, -0.1) is 0 Å². The van der Waals surface area contributed by atoms with Gasteiger partial charge in [0.1, 0.15) is 29.7 Å². The topological polar surface area (TPSA) is 96.7 Å². The first-order valence-electron chi connectivity index (χ1n) is 13.4. The molecular weight excluding hydrogens is 538 g/mol. The molecule has 1 aromatic heterocycles. The number of carbonyl (C=O) groups is 2. The van der Waals surface area contributed by atoms with Crippen molar-refractivity contribution in [1.82, 2.24) is 14.7 Å². The van der Waals surface area contributed by atoms with Crippen molar-refractivity contribution in [3.05, 3.63) is 77.2 Å². The Kier molecular flexibility index (Phi) is 9.00. The number of nitrogens with one attached hydrogen (secondary N) is 1. The zero-order valence-electron chi connectivity index (χ0n) is 22.7. The molecule has 2 aromatic carbocycles. The lowest BCUT2D eigenvalue weighted by atomic mass is 10.2. The summed E-state index contributed by atoms with van der Waals surface area (Å²) in [4.78, 5) is 32.1. The Bertz CT molecular complexity index is 1380. The number of fused-ring (bicyclic) bond motifs is 1. The lowest BCUT2D eigenvalue weighted by Gasteiger charge is -2.31. The van der Waals surface area contributed by atoms with Gasteiger partial charge >= 0.3 is 6.03 Å². The van der Waals surface area contributed by atoms with Crippen LogP contribution in [0.15, 0.2) is 52.9 Å². The monoisotopic (exact) mass is 570 g/mol. The number of ether oxygens (including phenoxy) is 3. The SMILES string of the molecule is Cc1ccc(CN(Cc2ccc3c(c2)OCO3)C(=O)CN(CCN2CCOCC2)C(=O)Nc2ccc(F)cc2F)o1. The van der Waals surface area contributed by atoms with E-state index >= 15 is 0 Å². The summed E-state index contributed by atoms with van der Waals surface area (Å²) in [6.45, 7) is 5.34. The third-order valence-electron chi connectivity index (χ3n) is 6.88. The molecule has 0 radical (unpaired) electrons. The molecule has 12 heteroatoms. The Morgan fingerprint density at radius 2 is 1.76 bits per heavy atom. The van der Waals surface area contributed by atoms with Crippen molar-refractivity contribution in [1.29, 1.82) is 0 Å². The number of urea groups is 1. The van der Waals surface area contributed by atoms with E-state index in [9.17, 15) is 18.4 Å². The molecule has 10 nitrogen and oxygen atoms in total. The van der Waals surface area contributed by atoms with E-state index in [0.717, 1.165) is 17.7 Å². The fraction of sp³-hybridized carbons (Fsp3) is 0.379. The Labute approximate surface area is 236 Å². The highest BCUT2D eigenvalue weighted by molar-refractivity contribution is 5.92. The molecule has 3 amide bonds. The third-order valence-corrected chi connectivity index (χ3v) is 6.88. The van der Waals surface area contributed by atoms with Crippen LogP contribution in [0.4, 0.5) is 19.3 Å². The van der Waals surface area contributed by atoms with Gasteiger partial charge < -0.3 is 33.7 Å². The molecule has 1 fully saturated rings. The van der Waals surface area contributed by atoms with Crippen LogP contribution in [-0.4, -0.2) is 79.4 Å². The summed E-state index contributed by atoms with van der Waals surface area (Å²) in [5.74, 6) is 0.525. The lowest BCUT2D eigenvalue weighted by molar-refractivity contribution is -0.133. The number of rotatable bonds is 10. The van der Waals surface area contributed by atoms with Crippen molar-refractivity contribution in [2.24, 2.45) is 0 Å². The van der Waals surface area contributed by atoms with Crippen LogP contribution in [0, 0.1) is 18.6 Å². The largest absolute Gasteiger partial charge is 0.464 e. The molecule has 1 saturated heterocycles. The van der Waals surface area contributed by atoms with Crippen LogP contribution < -0.4 is 14.8 Å². The zero-order valence-corrected chi connectivity index (χ0v) is 22.7. The second kappa shape index (κ2) is 13.0. The van der Waals surface area contributed by atoms with Crippen LogP contribution in [0.25, 0.3) is 0 Å². The molecule has 0 unspecified atom stereocenters. The van der Waals surface area contributed by atoms with E-state index in [-0.39, 0.29) is 44.6 Å². The number of hydrogen-bond acceptors (Lipinski definition) is 7. The minimum Gasteiger partial charge on any atom is -0.464 e. The number of aryl methyl sites for hydroxylation is 1. The summed E-state index contributed by atoms with van der Waals surface area (Å²) < 4.78 is 49.8. The summed E-state index contributed by atoms with van der Waals surface area (Å²) in [6.07, 6.45) is 0. The molecule has 41 heavy (non-hydrogen) atoms. The van der Waals surface area contributed by atoms with Gasteiger partial charge in [-0.2, -0.15) is 0 Å². The van der Waals surface area contributed by atoms with Gasteiger partial charge in [0.25, 0.3) is 0 Å². The number of halogens is 2. The maximum absolute atomic E-state index is 14.3. The van der Waals surface area contributed by atoms with Crippen LogP contribution >= 0.6 is 0 Å². The summed E-state index contributed by atoms with van der Waals surface area (Å²) >= 11 is 0. The molecule has 0 aliphatic carbocycles. The quantitative estimate of drug-likeness (QED) is 0.394. The van der Waals surface area contributed by atoms with Gasteiger partial charge in [0, 0.05) is 38.8 Å². The van der Waals surface area contributed by atoms with Crippen molar-refractivity contribution >= 4 is 17.6 Å². The van der Waals surface area contributed by atoms with Gasteiger partial charge in [0.2, 0.25) is 12.7 Å². The minimum atomic E-state index is -0.907. The summed E-state index contributed by atoms with van der Waals surface area (Å²) in [5.41, 5.74) is 0.632. The summed E-state index contributed by atoms with van der Waals surface area (Å²) in [5, 5.41) is 2.48. The Hall–Kier alpha value is -4.16. The highest BCUT2D eigenvalue weighted by atomic mass is 19.1. The van der Waals surface area contributed by atoms with Gasteiger partial charge in [-0.05, 0) is 48.9 Å². The molecule has 2 aliphatic heterocycles. The van der Waals surface area contributed by atoms with E-state index in [2.05, 4.69) is 10.2 Å². The summed E-state index contributed by atoms with van der Waals surface area (Å²) in [7, 11) is 0. The maximum atomic E-state index is 14.3. The van der Waals surface area contributed by atoms with E-state index in [4.69, 9.17) is 18.6 Å². The number of carbonyl (C=O) groups excluding carboxylic acids is 2. The molecular formula is C29H32F2N4O6. The van der Waals surface area contributed by atoms with Crippen LogP contribution in [0.5, 0.6) is 11.5 Å². The average molecular weight is 571 g/mol. The van der Waals surface area contributed by atoms with Crippen molar-refractivity contribution in [3.8, 4) is 11.5 Å². The van der Waals surface area contributed by atoms with Gasteiger partial charge in [-0.1, -0.05) is 6.07 Å². The molecule has 3 heterocycles. The van der Waals surface area contributed by atoms with Crippen LogP contribution in [0.3, 0.4) is 0 Å². The van der Waals surface area contributed by atoms with Crippen molar-refractivity contribution in [2.75, 3.05) is 58.0 Å². The predicted octanol–water partition coefficient (Wildman–Crippen LogP) is 3.99. The Morgan fingerprint density at radius 3 is 2.51 bits per heavy atom. The number of amides is 3. The predicted molar refractivity (Wildman–Crippen MR) is 144 cm³/mol. The van der Waals surface area contributed by atoms with E-state index in [0.29, 0.717) is 61.9 Å². The molecule has 218 valence electrons. The Morgan fingerprint density at radius 1 is 0.951 bits per heavy atom. The molecule has 3 aromatic rings. The van der Waals surface area contributed by atoms with Crippen LogP contribution in [0.1, 0.15) is 17.1 Å². The molecule has 0 spiro atoms. The zero-order chi connectivity index (χ0) is 28.8. The molecule has 5 rings (SSSR count). The number of furan rings is 1. The standard InChI is InChI=1S/C29H32F2N4O6/c1-20-2-5-23(41-20)17-35(16-21-3-7-26-27(14-21)40-19-39-26)28(36)18-34(9-8-33-10-12-38-13-11-33)29(37)32-25-6-4-22(30)15-24(25)31/h2-7,14-15H,8-13,16-19H2,1H3,(H,32,37). The molecule has 1 N–H and O–H groups in total. The Balaban J connectivity index is 1.34. The minimum absolute atomic E-state index is 0.134. The number of benzene rings is 2. The highest BCUT2D eigenvalue weighted by Gasteiger charge is 2.25. The van der Waals surface area contributed by atoms with Crippen molar-refractivity contribution in [2.45, 2.75) is 20.0 Å². The number of nitrogens with zero attached hydrogens (tertiary/aromatic N) is 3. The van der Waals surface area contributed by atoms with Gasteiger partial charge in [-0.3, -0.25) is 9.69 Å². The maximum Gasteiger partial charge on any atom is 0.322 e. The number of anilines is 1. The number of morpholine rings is 1. The number of hydrogen-bond donors (Lipinski definition) is 1. The van der Waals surface area contributed by atoms with Crippen LogP contribution in [0.2, 0.25) is 0 Å². The second-order valence-electron chi connectivity index (χ2n) is 9.88. The fourth-order valence-corrected chi connectivity index (χ4v) is 4.64. The first-order chi connectivity index (χ1) is 19.8. The molecule has 0 atom stereocenters. The van der Waals surface area contributed by atoms with E-state index in [1.165, 1.54) is 4.90 Å². The molecule has 2 aliphatic rings. The van der Waals surface area contributed by atoms with Gasteiger partial charge in [-0.25, -0.2) is 13.6 Å². The molecule has 0 saturated carbocycles. The average Bonchev–Trinajstić information content (AvgIpc) is 3.60. The highest BCUT2D eigenvalue weighted by Crippen LogP contribution is 2.33. The third kappa shape index (κ3) is 7.53. The van der Waals surface area contributed by atoms with Crippen LogP contribution in [-0.2, 0) is 22.6 Å². The van der Waals surface area contributed by atoms with Gasteiger partial charge in [0.15, 0.2) is 11.5 Å². The first-order valence-corrected chi connectivity index (χ1v) is 13.4. The second-order valence-corrected chi connectivity index (χ2v) is 9.88. The molecule has 0 bridgehead atoms. The van der Waals surface area contributed by atoms with Crippen molar-refractivity contribution in [3.63, 3.8) is 0 Å². The van der Waals surface area contributed by atoms with Gasteiger partial charge in [0.05, 0.1) is 25.4 Å². The smallest absolute Gasteiger partial charge is 0.322 e. The first kappa shape index (κ1) is 28.4. The van der Waals surface area contributed by atoms with E-state index in [1.807, 2.05) is 25.1 Å². The van der Waals surface area contributed by atoms with Crippen molar-refractivity contribution < 1.29 is 37.0 Å². The van der Waals surface area contributed by atoms with E-state index in [1.54, 1.807) is 17.0 Å². The normalized spacial score (nSPS) is 14.6. The summed E-state index contributed by atoms with van der Waals surface area (Å²) in [6, 6.07) is 11.3. The lowest BCUT2D eigenvalue weighted by Crippen LogP contribution is -2.48. The van der Waals surface area contributed by atoms with E-state index < -0.39 is 17.7 Å². The fourth-order valence-electron chi connectivity index (χ4n) is 4.64.